The van der Waals surface area contributed by atoms with Crippen LogP contribution >= 0.6 is 11.3 Å². The summed E-state index contributed by atoms with van der Waals surface area (Å²) in [7, 11) is 1.14. The van der Waals surface area contributed by atoms with E-state index in [-0.39, 0.29) is 35.7 Å². The number of ether oxygens (including phenoxy) is 4. The van der Waals surface area contributed by atoms with Crippen molar-refractivity contribution in [3.05, 3.63) is 39.3 Å². The molecule has 1 heterocycles. The molecule has 0 unspecified atom stereocenters. The van der Waals surface area contributed by atoms with Gasteiger partial charge in [0.1, 0.15) is 11.5 Å². The summed E-state index contributed by atoms with van der Waals surface area (Å²) >= 11 is 1.56. The number of rotatable bonds is 13. The molecule has 0 saturated heterocycles. The average molecular weight is 578 g/mol. The summed E-state index contributed by atoms with van der Waals surface area (Å²) in [5.41, 5.74) is 2.66. The molecule has 0 bridgehead atoms. The van der Waals surface area contributed by atoms with Gasteiger partial charge >= 0.3 is 5.97 Å². The van der Waals surface area contributed by atoms with Crippen LogP contribution in [0.15, 0.2) is 17.5 Å². The minimum atomic E-state index is -2.22. The smallest absolute Gasteiger partial charge is 0.311 e. The van der Waals surface area contributed by atoms with Crippen molar-refractivity contribution in [1.82, 2.24) is 4.98 Å². The van der Waals surface area contributed by atoms with Crippen molar-refractivity contribution in [3.63, 3.8) is 0 Å². The van der Waals surface area contributed by atoms with Crippen molar-refractivity contribution >= 4 is 25.6 Å². The van der Waals surface area contributed by atoms with Crippen LogP contribution < -0.4 is 9.47 Å². The summed E-state index contributed by atoms with van der Waals surface area (Å²) in [6, 6.07) is 4.13. The highest BCUT2D eigenvalue weighted by Gasteiger charge is 2.42. The van der Waals surface area contributed by atoms with Crippen LogP contribution in [0, 0.1) is 6.92 Å². The van der Waals surface area contributed by atoms with E-state index >= 15 is 0 Å². The van der Waals surface area contributed by atoms with Gasteiger partial charge < -0.3 is 23.4 Å². The number of carbonyl (C=O) groups is 1. The van der Waals surface area contributed by atoms with Gasteiger partial charge in [0.25, 0.3) is 0 Å². The predicted molar refractivity (Wildman–Crippen MR) is 159 cm³/mol. The van der Waals surface area contributed by atoms with E-state index in [0.29, 0.717) is 13.0 Å². The molecule has 1 aromatic carbocycles. The number of nitrogens with zero attached hydrogens (tertiary/aromatic N) is 1. The van der Waals surface area contributed by atoms with Crippen molar-refractivity contribution in [1.29, 1.82) is 0 Å². The quantitative estimate of drug-likeness (QED) is 0.184. The first kappa shape index (κ1) is 31.6. The van der Waals surface area contributed by atoms with Crippen LogP contribution in [-0.2, 0) is 31.5 Å². The number of hydrogen-bond donors (Lipinski definition) is 0. The van der Waals surface area contributed by atoms with Crippen molar-refractivity contribution in [2.45, 2.75) is 110 Å². The van der Waals surface area contributed by atoms with Crippen molar-refractivity contribution < 1.29 is 28.2 Å². The lowest BCUT2D eigenvalue weighted by molar-refractivity contribution is -0.142. The molecule has 2 atom stereocenters. The molecule has 218 valence electrons. The Kier molecular flexibility index (Phi) is 11.0. The van der Waals surface area contributed by atoms with E-state index in [1.165, 1.54) is 12.8 Å². The number of carbonyl (C=O) groups excluding carboxylic acids is 1. The Balaban J connectivity index is 2.04. The molecule has 0 radical (unpaired) electrons. The molecule has 7 nitrogen and oxygen atoms in total. The molecule has 1 saturated carbocycles. The molecular formula is C30H47NO6SSi. The topological polar surface area (TPSA) is 76.1 Å². The Morgan fingerprint density at radius 2 is 1.74 bits per heavy atom. The van der Waals surface area contributed by atoms with Crippen molar-refractivity contribution in [2.24, 2.45) is 0 Å². The maximum Gasteiger partial charge on any atom is 0.311 e. The van der Waals surface area contributed by atoms with Crippen LogP contribution in [0.5, 0.6) is 11.5 Å². The highest BCUT2D eigenvalue weighted by molar-refractivity contribution is 7.09. The van der Waals surface area contributed by atoms with Gasteiger partial charge in [0.15, 0.2) is 8.32 Å². The fourth-order valence-corrected chi connectivity index (χ4v) is 6.79. The minimum absolute atomic E-state index is 0.00994. The molecule has 39 heavy (non-hydrogen) atoms. The maximum absolute atomic E-state index is 12.0. The Morgan fingerprint density at radius 1 is 1.13 bits per heavy atom. The van der Waals surface area contributed by atoms with E-state index in [2.05, 4.69) is 46.0 Å². The average Bonchev–Trinajstić information content (AvgIpc) is 3.54. The first-order valence-corrected chi connectivity index (χ1v) is 17.8. The van der Waals surface area contributed by atoms with Crippen LogP contribution in [0.3, 0.4) is 0 Å². The third-order valence-electron chi connectivity index (χ3n) is 7.94. The second-order valence-electron chi connectivity index (χ2n) is 11.8. The van der Waals surface area contributed by atoms with Crippen molar-refractivity contribution in [3.8, 4) is 11.5 Å². The van der Waals surface area contributed by atoms with Gasteiger partial charge in [-0.1, -0.05) is 33.6 Å². The Bertz CT molecular complexity index is 1060. The van der Waals surface area contributed by atoms with Crippen LogP contribution in [-0.4, -0.2) is 52.3 Å². The van der Waals surface area contributed by atoms with Gasteiger partial charge in [0.2, 0.25) is 0 Å². The molecule has 0 spiro atoms. The Morgan fingerprint density at radius 3 is 2.28 bits per heavy atom. The van der Waals surface area contributed by atoms with Crippen LogP contribution in [0.25, 0.3) is 0 Å². The molecular weight excluding hydrogens is 530 g/mol. The van der Waals surface area contributed by atoms with Gasteiger partial charge in [0.05, 0.1) is 56.3 Å². The number of methoxy groups -OCH3 is 2. The highest BCUT2D eigenvalue weighted by atomic mass is 32.1. The number of benzene rings is 1. The Labute approximate surface area is 239 Å². The highest BCUT2D eigenvalue weighted by Crippen LogP contribution is 2.44. The lowest BCUT2D eigenvalue weighted by Gasteiger charge is -2.42. The summed E-state index contributed by atoms with van der Waals surface area (Å²) in [4.78, 5) is 16.8. The molecule has 1 aliphatic carbocycles. The zero-order chi connectivity index (χ0) is 28.8. The predicted octanol–water partition coefficient (Wildman–Crippen LogP) is 7.21. The number of hydrogen-bond acceptors (Lipinski definition) is 8. The number of esters is 1. The molecule has 0 N–H and O–H groups in total. The van der Waals surface area contributed by atoms with Crippen molar-refractivity contribution in [2.75, 3.05) is 20.8 Å². The first-order chi connectivity index (χ1) is 18.4. The first-order valence-electron chi connectivity index (χ1n) is 14.0. The van der Waals surface area contributed by atoms with Gasteiger partial charge in [-0.25, -0.2) is 4.98 Å². The van der Waals surface area contributed by atoms with E-state index in [1.807, 2.05) is 19.2 Å². The van der Waals surface area contributed by atoms with E-state index in [4.69, 9.17) is 28.4 Å². The minimum Gasteiger partial charge on any atom is -0.496 e. The summed E-state index contributed by atoms with van der Waals surface area (Å²) < 4.78 is 30.7. The van der Waals surface area contributed by atoms with E-state index in [0.717, 1.165) is 46.2 Å². The van der Waals surface area contributed by atoms with Crippen LogP contribution in [0.2, 0.25) is 18.1 Å². The molecule has 9 heteroatoms. The Hall–Kier alpha value is -1.94. The normalized spacial score (nSPS) is 16.2. The number of thiazole rings is 1. The van der Waals surface area contributed by atoms with Crippen LogP contribution in [0.1, 0.15) is 81.3 Å². The lowest BCUT2D eigenvalue weighted by atomic mass is 9.99. The summed E-state index contributed by atoms with van der Waals surface area (Å²) in [6.45, 7) is 15.5. The second-order valence-corrected chi connectivity index (χ2v) is 17.5. The standard InChI is InChI=1S/C30H47NO6SSi/c1-10-35-28(32)17-22-19-38-27(31-22)18-26(36-23-13-11-12-14-23)29(37-39(8,9)30(3,4)5)21-15-24(33-6)20(2)25(16-21)34-7/h15-16,19,23,26,29H,10-14,17-18H2,1-9H3/t26-,29+/m0/s1. The SMILES string of the molecule is CCOC(=O)Cc1csc(C[C@H](OC2CCCC2)[C@H](O[Si](C)(C)C(C)(C)C)c2cc(OC)c(C)c(OC)c2)n1. The fourth-order valence-electron chi connectivity index (χ4n) is 4.68. The molecule has 1 aliphatic rings. The third kappa shape index (κ3) is 8.28. The van der Waals surface area contributed by atoms with Gasteiger partial charge in [-0.2, -0.15) is 0 Å². The molecule has 0 amide bonds. The largest absolute Gasteiger partial charge is 0.496 e. The summed E-state index contributed by atoms with van der Waals surface area (Å²) in [5, 5.41) is 2.88. The van der Waals surface area contributed by atoms with Gasteiger partial charge in [-0.05, 0) is 62.5 Å². The molecule has 1 aromatic heterocycles. The molecule has 3 rings (SSSR count). The second kappa shape index (κ2) is 13.6. The lowest BCUT2D eigenvalue weighted by Crippen LogP contribution is -2.45. The summed E-state index contributed by atoms with van der Waals surface area (Å²) in [6.07, 6.45) is 4.81. The molecule has 1 fully saturated rings. The van der Waals surface area contributed by atoms with Gasteiger partial charge in [-0.3, -0.25) is 4.79 Å². The third-order valence-corrected chi connectivity index (χ3v) is 13.3. The van der Waals surface area contributed by atoms with Crippen LogP contribution in [0.4, 0.5) is 0 Å². The molecule has 2 aromatic rings. The zero-order valence-corrected chi connectivity index (χ0v) is 27.0. The van der Waals surface area contributed by atoms with E-state index in [1.54, 1.807) is 25.6 Å². The maximum atomic E-state index is 12.0. The van der Waals surface area contributed by atoms with Gasteiger partial charge in [-0.15, -0.1) is 11.3 Å². The number of aromatic nitrogens is 1. The van der Waals surface area contributed by atoms with E-state index in [9.17, 15) is 4.79 Å². The van der Waals surface area contributed by atoms with E-state index < -0.39 is 8.32 Å². The zero-order valence-electron chi connectivity index (χ0n) is 25.2. The van der Waals surface area contributed by atoms with Gasteiger partial charge in [0, 0.05) is 17.4 Å². The molecule has 0 aliphatic heterocycles. The monoisotopic (exact) mass is 577 g/mol. The fraction of sp³-hybridized carbons (Fsp3) is 0.667. The summed E-state index contributed by atoms with van der Waals surface area (Å²) in [5.74, 6) is 1.27.